The van der Waals surface area contributed by atoms with Crippen molar-refractivity contribution in [2.24, 2.45) is 0 Å². The lowest BCUT2D eigenvalue weighted by Gasteiger charge is -2.12. The second kappa shape index (κ2) is 5.21. The smallest absolute Gasteiger partial charge is 0.416 e. The van der Waals surface area contributed by atoms with Gasteiger partial charge in [0.25, 0.3) is 0 Å². The lowest BCUT2D eigenvalue weighted by molar-refractivity contribution is -0.137. The molecule has 0 fully saturated rings. The standard InChI is InChI=1S/C12H13F3O2/c1-3-10(16)9-6-5-8(12(13,14)15)7-11(9)17-4-2/h5-7H,3-4H2,1-2H3. The van der Waals surface area contributed by atoms with Gasteiger partial charge in [-0.15, -0.1) is 0 Å². The number of carbonyl (C=O) groups is 1. The SMILES string of the molecule is CCOc1cc(C(F)(F)F)ccc1C(=O)CC. The van der Waals surface area contributed by atoms with Crippen molar-refractivity contribution in [2.75, 3.05) is 6.61 Å². The van der Waals surface area contributed by atoms with Crippen LogP contribution in [-0.4, -0.2) is 12.4 Å². The monoisotopic (exact) mass is 246 g/mol. The van der Waals surface area contributed by atoms with E-state index in [1.165, 1.54) is 6.07 Å². The first-order valence-electron chi connectivity index (χ1n) is 5.27. The van der Waals surface area contributed by atoms with Crippen LogP contribution >= 0.6 is 0 Å². The summed E-state index contributed by atoms with van der Waals surface area (Å²) in [5.74, 6) is -0.239. The summed E-state index contributed by atoms with van der Waals surface area (Å²) in [4.78, 5) is 11.5. The van der Waals surface area contributed by atoms with E-state index in [0.29, 0.717) is 0 Å². The Labute approximate surface area is 97.4 Å². The van der Waals surface area contributed by atoms with E-state index in [9.17, 15) is 18.0 Å². The molecule has 0 unspecified atom stereocenters. The van der Waals surface area contributed by atoms with E-state index in [1.807, 2.05) is 0 Å². The van der Waals surface area contributed by atoms with Crippen molar-refractivity contribution >= 4 is 5.78 Å². The van der Waals surface area contributed by atoms with Crippen molar-refractivity contribution in [2.45, 2.75) is 26.4 Å². The molecule has 1 aromatic carbocycles. The molecule has 0 bridgehead atoms. The molecule has 0 heterocycles. The third-order valence-electron chi connectivity index (χ3n) is 2.23. The van der Waals surface area contributed by atoms with Gasteiger partial charge in [-0.3, -0.25) is 4.79 Å². The Balaban J connectivity index is 3.21. The van der Waals surface area contributed by atoms with Gasteiger partial charge in [-0.2, -0.15) is 13.2 Å². The zero-order valence-corrected chi connectivity index (χ0v) is 9.60. The molecule has 94 valence electrons. The van der Waals surface area contributed by atoms with Crippen molar-refractivity contribution < 1.29 is 22.7 Å². The second-order valence-corrected chi connectivity index (χ2v) is 3.42. The van der Waals surface area contributed by atoms with Gasteiger partial charge < -0.3 is 4.74 Å². The quantitative estimate of drug-likeness (QED) is 0.757. The fourth-order valence-corrected chi connectivity index (χ4v) is 1.39. The lowest BCUT2D eigenvalue weighted by Crippen LogP contribution is -2.08. The summed E-state index contributed by atoms with van der Waals surface area (Å²) < 4.78 is 42.5. The van der Waals surface area contributed by atoms with Crippen LogP contribution in [0.3, 0.4) is 0 Å². The van der Waals surface area contributed by atoms with E-state index < -0.39 is 11.7 Å². The van der Waals surface area contributed by atoms with E-state index in [1.54, 1.807) is 13.8 Å². The fourth-order valence-electron chi connectivity index (χ4n) is 1.39. The first kappa shape index (κ1) is 13.5. The molecule has 1 rings (SSSR count). The van der Waals surface area contributed by atoms with Crippen LogP contribution in [-0.2, 0) is 6.18 Å². The van der Waals surface area contributed by atoms with Crippen molar-refractivity contribution in [3.63, 3.8) is 0 Å². The molecule has 0 spiro atoms. The van der Waals surface area contributed by atoms with E-state index in [-0.39, 0.29) is 30.1 Å². The molecule has 5 heteroatoms. The molecule has 0 aliphatic rings. The van der Waals surface area contributed by atoms with Crippen LogP contribution in [0.1, 0.15) is 36.2 Å². The van der Waals surface area contributed by atoms with Gasteiger partial charge >= 0.3 is 6.18 Å². The number of ketones is 1. The molecule has 0 saturated heterocycles. The third kappa shape index (κ3) is 3.22. The number of ether oxygens (including phenoxy) is 1. The van der Waals surface area contributed by atoms with Gasteiger partial charge in [0.15, 0.2) is 5.78 Å². The van der Waals surface area contributed by atoms with Gasteiger partial charge in [0, 0.05) is 6.42 Å². The molecule has 0 radical (unpaired) electrons. The third-order valence-corrected chi connectivity index (χ3v) is 2.23. The molecule has 0 atom stereocenters. The second-order valence-electron chi connectivity index (χ2n) is 3.42. The number of benzene rings is 1. The number of hydrogen-bond donors (Lipinski definition) is 0. The van der Waals surface area contributed by atoms with Crippen LogP contribution in [0.5, 0.6) is 5.75 Å². The maximum absolute atomic E-state index is 12.5. The topological polar surface area (TPSA) is 26.3 Å². The Kier molecular flexibility index (Phi) is 4.15. The summed E-state index contributed by atoms with van der Waals surface area (Å²) in [6.07, 6.45) is -4.20. The molecule has 0 N–H and O–H groups in total. The fraction of sp³-hybridized carbons (Fsp3) is 0.417. The van der Waals surface area contributed by atoms with Crippen LogP contribution in [0.2, 0.25) is 0 Å². The molecule has 0 aromatic heterocycles. The van der Waals surface area contributed by atoms with Crippen LogP contribution in [0.15, 0.2) is 18.2 Å². The largest absolute Gasteiger partial charge is 0.493 e. The number of halogens is 3. The Morgan fingerprint density at radius 2 is 1.94 bits per heavy atom. The minimum Gasteiger partial charge on any atom is -0.493 e. The highest BCUT2D eigenvalue weighted by molar-refractivity contribution is 5.98. The van der Waals surface area contributed by atoms with E-state index in [0.717, 1.165) is 12.1 Å². The highest BCUT2D eigenvalue weighted by atomic mass is 19.4. The Morgan fingerprint density at radius 1 is 1.29 bits per heavy atom. The van der Waals surface area contributed by atoms with E-state index in [4.69, 9.17) is 4.74 Å². The summed E-state index contributed by atoms with van der Waals surface area (Å²) in [5, 5.41) is 0. The van der Waals surface area contributed by atoms with Crippen LogP contribution in [0, 0.1) is 0 Å². The zero-order valence-electron chi connectivity index (χ0n) is 9.60. The van der Waals surface area contributed by atoms with E-state index >= 15 is 0 Å². The predicted molar refractivity (Wildman–Crippen MR) is 57.2 cm³/mol. The minimum atomic E-state index is -4.43. The van der Waals surface area contributed by atoms with Crippen molar-refractivity contribution in [3.05, 3.63) is 29.3 Å². The summed E-state index contributed by atoms with van der Waals surface area (Å²) in [5.41, 5.74) is -0.615. The minimum absolute atomic E-state index is 0.00539. The Hall–Kier alpha value is -1.52. The molecule has 1 aromatic rings. The van der Waals surface area contributed by atoms with Gasteiger partial charge in [0.05, 0.1) is 17.7 Å². The lowest BCUT2D eigenvalue weighted by atomic mass is 10.0. The van der Waals surface area contributed by atoms with Crippen molar-refractivity contribution in [1.82, 2.24) is 0 Å². The maximum atomic E-state index is 12.5. The summed E-state index contributed by atoms with van der Waals surface area (Å²) in [6, 6.07) is 2.93. The molecule has 0 saturated carbocycles. The van der Waals surface area contributed by atoms with Gasteiger partial charge in [-0.25, -0.2) is 0 Å². The zero-order chi connectivity index (χ0) is 13.1. The first-order valence-corrected chi connectivity index (χ1v) is 5.27. The number of carbonyl (C=O) groups excluding carboxylic acids is 1. The highest BCUT2D eigenvalue weighted by Crippen LogP contribution is 2.33. The summed E-state index contributed by atoms with van der Waals surface area (Å²) in [6.45, 7) is 3.52. The molecule has 0 aliphatic carbocycles. The number of hydrogen-bond acceptors (Lipinski definition) is 2. The maximum Gasteiger partial charge on any atom is 0.416 e. The normalized spacial score (nSPS) is 11.4. The summed E-state index contributed by atoms with van der Waals surface area (Å²) in [7, 11) is 0. The highest BCUT2D eigenvalue weighted by Gasteiger charge is 2.31. The average molecular weight is 246 g/mol. The van der Waals surface area contributed by atoms with Crippen molar-refractivity contribution in [3.8, 4) is 5.75 Å². The average Bonchev–Trinajstić information content (AvgIpc) is 2.27. The van der Waals surface area contributed by atoms with Crippen LogP contribution in [0.25, 0.3) is 0 Å². The van der Waals surface area contributed by atoms with Crippen molar-refractivity contribution in [1.29, 1.82) is 0 Å². The van der Waals surface area contributed by atoms with Gasteiger partial charge in [-0.05, 0) is 25.1 Å². The molecule has 0 amide bonds. The molecule has 2 nitrogen and oxygen atoms in total. The number of rotatable bonds is 4. The van der Waals surface area contributed by atoms with Gasteiger partial charge in [0.1, 0.15) is 5.75 Å². The molecular weight excluding hydrogens is 233 g/mol. The molecule has 0 aliphatic heterocycles. The Morgan fingerprint density at radius 3 is 2.41 bits per heavy atom. The Bertz CT molecular complexity index is 411. The molecular formula is C12H13F3O2. The van der Waals surface area contributed by atoms with Gasteiger partial charge in [0.2, 0.25) is 0 Å². The number of Topliss-reactive ketones (excluding diaryl/α,β-unsaturated/α-hetero) is 1. The predicted octanol–water partition coefficient (Wildman–Crippen LogP) is 3.70. The van der Waals surface area contributed by atoms with Gasteiger partial charge in [-0.1, -0.05) is 6.92 Å². The number of alkyl halides is 3. The van der Waals surface area contributed by atoms with Crippen LogP contribution in [0.4, 0.5) is 13.2 Å². The summed E-state index contributed by atoms with van der Waals surface area (Å²) >= 11 is 0. The van der Waals surface area contributed by atoms with E-state index in [2.05, 4.69) is 0 Å². The first-order chi connectivity index (χ1) is 7.90. The molecule has 17 heavy (non-hydrogen) atoms. The van der Waals surface area contributed by atoms with Crippen LogP contribution < -0.4 is 4.74 Å².